The molecule has 1 aliphatic carbocycles. The average Bonchev–Trinajstić information content (AvgIpc) is 2.56. The van der Waals surface area contributed by atoms with E-state index in [2.05, 4.69) is 13.8 Å². The van der Waals surface area contributed by atoms with Crippen LogP contribution in [0.5, 0.6) is 0 Å². The quantitative estimate of drug-likeness (QED) is 0.537. The Morgan fingerprint density at radius 3 is 2.31 bits per heavy atom. The maximum absolute atomic E-state index is 12.0. The molecule has 0 spiro atoms. The van der Waals surface area contributed by atoms with E-state index in [9.17, 15) is 4.79 Å². The highest BCUT2D eigenvalue weighted by atomic mass is 16.6. The van der Waals surface area contributed by atoms with Gasteiger partial charge < -0.3 is 4.74 Å². The fourth-order valence-corrected chi connectivity index (χ4v) is 2.46. The van der Waals surface area contributed by atoms with Gasteiger partial charge in [-0.15, -0.1) is 0 Å². The fourth-order valence-electron chi connectivity index (χ4n) is 2.46. The number of hydrogen-bond donors (Lipinski definition) is 0. The summed E-state index contributed by atoms with van der Waals surface area (Å²) in [6, 6.07) is 0. The zero-order valence-corrected chi connectivity index (χ0v) is 9.10. The first-order valence-electron chi connectivity index (χ1n) is 4.93. The van der Waals surface area contributed by atoms with Crippen LogP contribution in [0.2, 0.25) is 0 Å². The third kappa shape index (κ3) is 0.954. The molecule has 0 aromatic carbocycles. The van der Waals surface area contributed by atoms with Gasteiger partial charge in [-0.3, -0.25) is 4.79 Å². The summed E-state index contributed by atoms with van der Waals surface area (Å²) in [5.74, 6) is 0.284. The molecule has 1 saturated heterocycles. The van der Waals surface area contributed by atoms with Crippen molar-refractivity contribution in [3.8, 4) is 0 Å². The number of carbonyl (C=O) groups excluding carboxylic acids is 1. The smallest absolute Gasteiger partial charge is 0.170 e. The van der Waals surface area contributed by atoms with Crippen molar-refractivity contribution in [2.75, 3.05) is 0 Å². The summed E-state index contributed by atoms with van der Waals surface area (Å²) in [4.78, 5) is 12.0. The number of ketones is 1. The first-order chi connectivity index (χ1) is 5.71. The average molecular weight is 182 g/mol. The minimum absolute atomic E-state index is 0.0475. The Morgan fingerprint density at radius 2 is 1.77 bits per heavy atom. The van der Waals surface area contributed by atoms with E-state index in [0.717, 1.165) is 6.42 Å². The highest BCUT2D eigenvalue weighted by Crippen LogP contribution is 2.59. The van der Waals surface area contributed by atoms with Gasteiger partial charge in [-0.05, 0) is 18.8 Å². The van der Waals surface area contributed by atoms with Gasteiger partial charge in [-0.2, -0.15) is 0 Å². The van der Waals surface area contributed by atoms with Crippen LogP contribution in [0.4, 0.5) is 0 Å². The first-order valence-corrected chi connectivity index (χ1v) is 4.93. The summed E-state index contributed by atoms with van der Waals surface area (Å²) < 4.78 is 5.50. The lowest BCUT2D eigenvalue weighted by Gasteiger charge is -2.44. The molecular formula is C11H18O2. The van der Waals surface area contributed by atoms with Gasteiger partial charge >= 0.3 is 0 Å². The Balaban J connectivity index is 2.39. The third-order valence-corrected chi connectivity index (χ3v) is 4.22. The Morgan fingerprint density at radius 1 is 1.23 bits per heavy atom. The Labute approximate surface area is 79.7 Å². The number of Topliss-reactive ketones (excluding diaryl/α,β-unsaturated/α-hetero) is 1. The van der Waals surface area contributed by atoms with Crippen LogP contribution in [0.25, 0.3) is 0 Å². The molecule has 1 aliphatic heterocycles. The highest BCUT2D eigenvalue weighted by molar-refractivity contribution is 5.93. The molecule has 0 bridgehead atoms. The normalized spacial score (nSPS) is 45.6. The number of ether oxygens (including phenoxy) is 1. The number of carbonyl (C=O) groups is 1. The van der Waals surface area contributed by atoms with Crippen molar-refractivity contribution in [3.63, 3.8) is 0 Å². The van der Waals surface area contributed by atoms with E-state index in [4.69, 9.17) is 4.74 Å². The number of epoxide rings is 1. The van der Waals surface area contributed by atoms with Crippen LogP contribution in [0.15, 0.2) is 0 Å². The molecule has 2 aliphatic rings. The van der Waals surface area contributed by atoms with Crippen molar-refractivity contribution in [3.05, 3.63) is 0 Å². The number of hydrogen-bond acceptors (Lipinski definition) is 2. The van der Waals surface area contributed by atoms with Crippen molar-refractivity contribution < 1.29 is 9.53 Å². The SMILES string of the molecule is CC12CC(C)(C)C(C)(C)C(=O)C1O2. The van der Waals surface area contributed by atoms with Crippen molar-refractivity contribution in [2.45, 2.75) is 52.7 Å². The van der Waals surface area contributed by atoms with Gasteiger partial charge in [0.2, 0.25) is 0 Å². The van der Waals surface area contributed by atoms with E-state index in [1.54, 1.807) is 0 Å². The second-order valence-corrected chi connectivity index (χ2v) is 5.86. The number of rotatable bonds is 0. The Kier molecular flexibility index (Phi) is 1.42. The van der Waals surface area contributed by atoms with E-state index < -0.39 is 0 Å². The molecule has 0 aromatic rings. The Hall–Kier alpha value is -0.370. The number of fused-ring (bicyclic) bond motifs is 1. The van der Waals surface area contributed by atoms with Crippen LogP contribution < -0.4 is 0 Å². The topological polar surface area (TPSA) is 29.6 Å². The van der Waals surface area contributed by atoms with Crippen LogP contribution in [-0.2, 0) is 9.53 Å². The highest BCUT2D eigenvalue weighted by Gasteiger charge is 2.68. The van der Waals surface area contributed by atoms with Gasteiger partial charge in [0.15, 0.2) is 5.78 Å². The molecule has 2 nitrogen and oxygen atoms in total. The van der Waals surface area contributed by atoms with E-state index in [1.807, 2.05) is 20.8 Å². The molecular weight excluding hydrogens is 164 g/mol. The van der Waals surface area contributed by atoms with E-state index in [0.29, 0.717) is 0 Å². The fraction of sp³-hybridized carbons (Fsp3) is 0.909. The zero-order chi connectivity index (χ0) is 10.1. The molecule has 0 aromatic heterocycles. The van der Waals surface area contributed by atoms with E-state index >= 15 is 0 Å². The van der Waals surface area contributed by atoms with Gasteiger partial charge in [0.05, 0.1) is 0 Å². The summed E-state index contributed by atoms with van der Waals surface area (Å²) >= 11 is 0. The Bertz CT molecular complexity index is 278. The maximum atomic E-state index is 12.0. The largest absolute Gasteiger partial charge is 0.358 e. The van der Waals surface area contributed by atoms with Crippen LogP contribution in [-0.4, -0.2) is 17.5 Å². The predicted molar refractivity (Wildman–Crippen MR) is 50.5 cm³/mol. The predicted octanol–water partition coefficient (Wildman–Crippen LogP) is 2.17. The summed E-state index contributed by atoms with van der Waals surface area (Å²) in [6.45, 7) is 10.4. The molecule has 13 heavy (non-hydrogen) atoms. The minimum atomic E-state index is -0.242. The molecule has 2 heteroatoms. The zero-order valence-electron chi connectivity index (χ0n) is 9.10. The molecule has 2 fully saturated rings. The minimum Gasteiger partial charge on any atom is -0.358 e. The lowest BCUT2D eigenvalue weighted by atomic mass is 9.57. The lowest BCUT2D eigenvalue weighted by Crippen LogP contribution is -2.49. The maximum Gasteiger partial charge on any atom is 0.170 e. The van der Waals surface area contributed by atoms with Gasteiger partial charge in [0.25, 0.3) is 0 Å². The lowest BCUT2D eigenvalue weighted by molar-refractivity contribution is -0.136. The van der Waals surface area contributed by atoms with Crippen LogP contribution >= 0.6 is 0 Å². The molecule has 2 unspecified atom stereocenters. The van der Waals surface area contributed by atoms with E-state index in [-0.39, 0.29) is 28.3 Å². The molecule has 0 radical (unpaired) electrons. The monoisotopic (exact) mass is 182 g/mol. The molecule has 0 N–H and O–H groups in total. The van der Waals surface area contributed by atoms with Crippen LogP contribution in [0.3, 0.4) is 0 Å². The van der Waals surface area contributed by atoms with Crippen molar-refractivity contribution in [1.82, 2.24) is 0 Å². The first kappa shape index (κ1) is 9.20. The van der Waals surface area contributed by atoms with Gasteiger partial charge in [-0.1, -0.05) is 27.7 Å². The van der Waals surface area contributed by atoms with Gasteiger partial charge in [-0.25, -0.2) is 0 Å². The molecule has 74 valence electrons. The molecule has 1 heterocycles. The second-order valence-electron chi connectivity index (χ2n) is 5.86. The van der Waals surface area contributed by atoms with Crippen molar-refractivity contribution in [2.24, 2.45) is 10.8 Å². The van der Waals surface area contributed by atoms with Gasteiger partial charge in [0.1, 0.15) is 11.7 Å². The summed E-state index contributed by atoms with van der Waals surface area (Å²) in [6.07, 6.45) is 0.874. The molecule has 1 saturated carbocycles. The summed E-state index contributed by atoms with van der Waals surface area (Å²) in [7, 11) is 0. The molecule has 2 atom stereocenters. The van der Waals surface area contributed by atoms with Crippen molar-refractivity contribution in [1.29, 1.82) is 0 Å². The van der Waals surface area contributed by atoms with Crippen LogP contribution in [0.1, 0.15) is 41.0 Å². The molecule has 2 rings (SSSR count). The summed E-state index contributed by atoms with van der Waals surface area (Å²) in [5.41, 5.74) is -0.338. The second kappa shape index (κ2) is 2.00. The van der Waals surface area contributed by atoms with Crippen LogP contribution in [0, 0.1) is 10.8 Å². The van der Waals surface area contributed by atoms with Crippen molar-refractivity contribution >= 4 is 5.78 Å². The molecule has 0 amide bonds. The van der Waals surface area contributed by atoms with E-state index in [1.165, 1.54) is 0 Å². The third-order valence-electron chi connectivity index (χ3n) is 4.22. The van der Waals surface area contributed by atoms with Gasteiger partial charge in [0, 0.05) is 5.41 Å². The standard InChI is InChI=1S/C11H18O2/c1-9(2)6-11(5)8(13-11)7(12)10(9,3)4/h8H,6H2,1-5H3. The summed E-state index contributed by atoms with van der Waals surface area (Å²) in [5, 5.41) is 0.